The van der Waals surface area contributed by atoms with Crippen molar-refractivity contribution in [3.8, 4) is 0 Å². The molecule has 1 saturated carbocycles. The lowest BCUT2D eigenvalue weighted by Gasteiger charge is -2.42. The van der Waals surface area contributed by atoms with Gasteiger partial charge in [0.05, 0.1) is 27.6 Å². The van der Waals surface area contributed by atoms with Crippen LogP contribution in [-0.4, -0.2) is 54.7 Å². The first-order chi connectivity index (χ1) is 18.8. The third kappa shape index (κ3) is 5.96. The number of anilines is 1. The van der Waals surface area contributed by atoms with Gasteiger partial charge in [-0.1, -0.05) is 56.1 Å². The standard InChI is InChI=1S/C30H39Cl2F2N3O3/c1-29(2,3)14-24-30(15-38,19-12-22(33)21(32)13-23(19)35-4)25(18-6-5-7-20(31)26(18)34)27(37-24)28(40)36-16-8-10-17(39)11-9-16/h5-7,12-13,15-18,24-27,35,37,39H,8-11,14H2,1-4H3,(H,36,40)/t16?,17?,18?,24-,25+,26?,27-,30-/m1/s1. The summed E-state index contributed by atoms with van der Waals surface area (Å²) in [6, 6.07) is 0.866. The van der Waals surface area contributed by atoms with Crippen LogP contribution in [0.5, 0.6) is 0 Å². The molecule has 4 N–H and O–H groups in total. The van der Waals surface area contributed by atoms with E-state index in [-0.39, 0.29) is 27.4 Å². The Labute approximate surface area is 244 Å². The molecule has 2 fully saturated rings. The number of benzene rings is 1. The average Bonchev–Trinajstić information content (AvgIpc) is 3.21. The highest BCUT2D eigenvalue weighted by atomic mass is 35.5. The van der Waals surface area contributed by atoms with Crippen molar-refractivity contribution in [2.45, 2.75) is 88.7 Å². The number of amides is 1. The predicted molar refractivity (Wildman–Crippen MR) is 155 cm³/mol. The Balaban J connectivity index is 1.90. The van der Waals surface area contributed by atoms with E-state index in [1.165, 1.54) is 18.2 Å². The molecule has 0 bridgehead atoms. The molecular formula is C30H39Cl2F2N3O3. The lowest BCUT2D eigenvalue weighted by Crippen LogP contribution is -2.53. The number of allylic oxidation sites excluding steroid dienone is 4. The number of aldehydes is 1. The van der Waals surface area contributed by atoms with Gasteiger partial charge in [-0.15, -0.1) is 0 Å². The van der Waals surface area contributed by atoms with E-state index in [9.17, 15) is 14.7 Å². The van der Waals surface area contributed by atoms with Crippen LogP contribution in [0, 0.1) is 23.1 Å². The monoisotopic (exact) mass is 597 g/mol. The number of nitrogens with one attached hydrogen (secondary N) is 3. The summed E-state index contributed by atoms with van der Waals surface area (Å²) in [5, 5.41) is 19.3. The van der Waals surface area contributed by atoms with Gasteiger partial charge in [0.25, 0.3) is 0 Å². The molecule has 1 aromatic carbocycles. The van der Waals surface area contributed by atoms with Gasteiger partial charge in [-0.2, -0.15) is 0 Å². The van der Waals surface area contributed by atoms with Gasteiger partial charge in [0, 0.05) is 36.7 Å². The molecule has 1 heterocycles. The van der Waals surface area contributed by atoms with Crippen LogP contribution < -0.4 is 16.0 Å². The molecule has 1 aromatic rings. The molecule has 0 aromatic heterocycles. The summed E-state index contributed by atoms with van der Waals surface area (Å²) in [6.45, 7) is 6.04. The fourth-order valence-electron chi connectivity index (χ4n) is 6.75. The largest absolute Gasteiger partial charge is 0.393 e. The highest BCUT2D eigenvalue weighted by Crippen LogP contribution is 2.53. The number of carbonyl (C=O) groups excluding carboxylic acids is 2. The Hall–Kier alpha value is -2.00. The van der Waals surface area contributed by atoms with Crippen molar-refractivity contribution >= 4 is 41.1 Å². The van der Waals surface area contributed by atoms with Gasteiger partial charge >= 0.3 is 0 Å². The van der Waals surface area contributed by atoms with Crippen LogP contribution in [0.3, 0.4) is 0 Å². The van der Waals surface area contributed by atoms with Crippen LogP contribution >= 0.6 is 23.2 Å². The summed E-state index contributed by atoms with van der Waals surface area (Å²) in [5.74, 6) is -2.98. The van der Waals surface area contributed by atoms with Gasteiger partial charge in [0.1, 0.15) is 18.3 Å². The average molecular weight is 599 g/mol. The van der Waals surface area contributed by atoms with Gasteiger partial charge in [-0.25, -0.2) is 8.78 Å². The number of aliphatic hydroxyl groups excluding tert-OH is 1. The number of hydrogen-bond donors (Lipinski definition) is 4. The van der Waals surface area contributed by atoms with Crippen LogP contribution in [0.4, 0.5) is 14.5 Å². The fraction of sp³-hybridized carbons (Fsp3) is 0.600. The van der Waals surface area contributed by atoms with Gasteiger partial charge in [0.15, 0.2) is 0 Å². The fourth-order valence-corrected chi connectivity index (χ4v) is 7.13. The van der Waals surface area contributed by atoms with E-state index in [2.05, 4.69) is 16.0 Å². The summed E-state index contributed by atoms with van der Waals surface area (Å²) in [5.41, 5.74) is -1.10. The first-order valence-corrected chi connectivity index (χ1v) is 14.6. The van der Waals surface area contributed by atoms with E-state index >= 15 is 8.78 Å². The number of halogens is 4. The summed E-state index contributed by atoms with van der Waals surface area (Å²) in [6.07, 6.45) is 6.25. The van der Waals surface area contributed by atoms with E-state index in [1.807, 2.05) is 20.8 Å². The van der Waals surface area contributed by atoms with Gasteiger partial charge in [-0.05, 0) is 61.3 Å². The van der Waals surface area contributed by atoms with Gasteiger partial charge in [-0.3, -0.25) is 4.79 Å². The Morgan fingerprint density at radius 1 is 1.23 bits per heavy atom. The van der Waals surface area contributed by atoms with Crippen LogP contribution in [0.1, 0.15) is 58.4 Å². The second-order valence-electron chi connectivity index (χ2n) is 12.5. The molecule has 2 unspecified atom stereocenters. The number of hydrogen-bond acceptors (Lipinski definition) is 5. The summed E-state index contributed by atoms with van der Waals surface area (Å²) >= 11 is 12.4. The second kappa shape index (κ2) is 12.1. The molecule has 0 radical (unpaired) electrons. The molecular weight excluding hydrogens is 559 g/mol. The third-order valence-corrected chi connectivity index (χ3v) is 9.23. The van der Waals surface area contributed by atoms with E-state index in [0.717, 1.165) is 6.29 Å². The van der Waals surface area contributed by atoms with Crippen molar-refractivity contribution in [3.05, 3.63) is 51.8 Å². The molecule has 1 amide bonds. The Bertz CT molecular complexity index is 1180. The maximum Gasteiger partial charge on any atom is 0.237 e. The van der Waals surface area contributed by atoms with E-state index < -0.39 is 47.4 Å². The minimum atomic E-state index is -1.67. The molecule has 1 saturated heterocycles. The molecule has 6 atom stereocenters. The van der Waals surface area contributed by atoms with E-state index in [1.54, 1.807) is 19.2 Å². The maximum atomic E-state index is 16.0. The van der Waals surface area contributed by atoms with Crippen molar-refractivity contribution in [1.29, 1.82) is 0 Å². The van der Waals surface area contributed by atoms with Crippen LogP contribution in [0.2, 0.25) is 5.02 Å². The zero-order valence-electron chi connectivity index (χ0n) is 23.3. The van der Waals surface area contributed by atoms with E-state index in [4.69, 9.17) is 23.2 Å². The zero-order chi connectivity index (χ0) is 29.4. The van der Waals surface area contributed by atoms with Crippen molar-refractivity contribution in [2.24, 2.45) is 17.3 Å². The molecule has 220 valence electrons. The quantitative estimate of drug-likeness (QED) is 0.315. The highest BCUT2D eigenvalue weighted by Gasteiger charge is 2.62. The molecule has 0 spiro atoms. The molecule has 10 heteroatoms. The SMILES string of the molecule is CNc1cc(Cl)c(F)cc1[C@]1(C=O)[C@@H](CC(C)(C)C)N[C@@H](C(=O)NC2CCC(O)CC2)[C@@H]1C1C=CC=C(Cl)C1F. The van der Waals surface area contributed by atoms with Crippen LogP contribution in [0.15, 0.2) is 35.4 Å². The van der Waals surface area contributed by atoms with Gasteiger partial charge in [0.2, 0.25) is 5.91 Å². The zero-order valence-corrected chi connectivity index (χ0v) is 24.8. The minimum Gasteiger partial charge on any atom is -0.393 e. The second-order valence-corrected chi connectivity index (χ2v) is 13.4. The molecule has 6 nitrogen and oxygen atoms in total. The first-order valence-electron chi connectivity index (χ1n) is 13.9. The molecule has 4 rings (SSSR count). The van der Waals surface area contributed by atoms with Crippen molar-refractivity contribution < 1.29 is 23.5 Å². The van der Waals surface area contributed by atoms with Crippen LogP contribution in [0.25, 0.3) is 0 Å². The van der Waals surface area contributed by atoms with Crippen LogP contribution in [-0.2, 0) is 15.0 Å². The number of aliphatic hydroxyl groups is 1. The highest BCUT2D eigenvalue weighted by molar-refractivity contribution is 6.31. The maximum absolute atomic E-state index is 16.0. The van der Waals surface area contributed by atoms with Crippen molar-refractivity contribution in [3.63, 3.8) is 0 Å². The minimum absolute atomic E-state index is 0.0249. The van der Waals surface area contributed by atoms with Crippen molar-refractivity contribution in [1.82, 2.24) is 10.6 Å². The predicted octanol–water partition coefficient (Wildman–Crippen LogP) is 5.42. The topological polar surface area (TPSA) is 90.5 Å². The third-order valence-electron chi connectivity index (χ3n) is 8.61. The normalized spacial score (nSPS) is 34.3. The number of rotatable bonds is 7. The molecule has 40 heavy (non-hydrogen) atoms. The first kappa shape index (κ1) is 30.9. The molecule has 2 aliphatic carbocycles. The Morgan fingerprint density at radius 3 is 2.50 bits per heavy atom. The summed E-state index contributed by atoms with van der Waals surface area (Å²) in [7, 11) is 1.64. The smallest absolute Gasteiger partial charge is 0.237 e. The van der Waals surface area contributed by atoms with Gasteiger partial charge < -0.3 is 25.9 Å². The lowest BCUT2D eigenvalue weighted by molar-refractivity contribution is -0.126. The van der Waals surface area contributed by atoms with Crippen molar-refractivity contribution in [2.75, 3.05) is 12.4 Å². The summed E-state index contributed by atoms with van der Waals surface area (Å²) < 4.78 is 31.1. The number of carbonyl (C=O) groups is 2. The summed E-state index contributed by atoms with van der Waals surface area (Å²) in [4.78, 5) is 27.5. The molecule has 1 aliphatic heterocycles. The lowest BCUT2D eigenvalue weighted by atomic mass is 9.59. The Kier molecular flexibility index (Phi) is 9.35. The molecule has 3 aliphatic rings. The van der Waals surface area contributed by atoms with E-state index in [0.29, 0.717) is 43.4 Å². The Morgan fingerprint density at radius 2 is 1.90 bits per heavy atom. The number of alkyl halides is 1.